The molecule has 2 heterocycles. The summed E-state index contributed by atoms with van der Waals surface area (Å²) >= 11 is 2.08. The minimum Gasteiger partial charge on any atom is -0.373 e. The van der Waals surface area contributed by atoms with Gasteiger partial charge in [0, 0.05) is 30.6 Å². The van der Waals surface area contributed by atoms with Crippen LogP contribution in [-0.4, -0.2) is 48.2 Å². The van der Waals surface area contributed by atoms with Gasteiger partial charge in [0.15, 0.2) is 0 Å². The predicted octanol–water partition coefficient (Wildman–Crippen LogP) is 1.21. The van der Waals surface area contributed by atoms with Crippen molar-refractivity contribution in [1.82, 2.24) is 4.90 Å². The zero-order valence-electron chi connectivity index (χ0n) is 7.66. The van der Waals surface area contributed by atoms with Gasteiger partial charge >= 0.3 is 0 Å². The lowest BCUT2D eigenvalue weighted by atomic mass is 10.2. The summed E-state index contributed by atoms with van der Waals surface area (Å²) in [5.74, 6) is 2.63. The number of thioether (sulfide) groups is 1. The summed E-state index contributed by atoms with van der Waals surface area (Å²) in [6.07, 6.45) is 1.85. The first-order valence-corrected chi connectivity index (χ1v) is 5.95. The van der Waals surface area contributed by atoms with Gasteiger partial charge in [0.1, 0.15) is 0 Å². The Kier molecular flexibility index (Phi) is 2.94. The van der Waals surface area contributed by atoms with Crippen LogP contribution >= 0.6 is 11.8 Å². The molecule has 2 rings (SSSR count). The first kappa shape index (κ1) is 8.85. The highest BCUT2D eigenvalue weighted by Gasteiger charge is 2.25. The van der Waals surface area contributed by atoms with Crippen molar-refractivity contribution in [2.75, 3.05) is 31.2 Å². The molecule has 0 aromatic heterocycles. The summed E-state index contributed by atoms with van der Waals surface area (Å²) in [5, 5.41) is 0. The Morgan fingerprint density at radius 3 is 3.08 bits per heavy atom. The van der Waals surface area contributed by atoms with Crippen molar-refractivity contribution in [3.8, 4) is 0 Å². The lowest BCUT2D eigenvalue weighted by Crippen LogP contribution is -2.41. The van der Waals surface area contributed by atoms with Gasteiger partial charge < -0.3 is 4.74 Å². The highest BCUT2D eigenvalue weighted by atomic mass is 32.2. The monoisotopic (exact) mass is 187 g/mol. The molecule has 0 bridgehead atoms. The third kappa shape index (κ3) is 2.38. The van der Waals surface area contributed by atoms with E-state index >= 15 is 0 Å². The summed E-state index contributed by atoms with van der Waals surface area (Å²) in [6.45, 7) is 5.86. The molecule has 2 aliphatic rings. The normalized spacial score (nSPS) is 36.8. The van der Waals surface area contributed by atoms with Crippen LogP contribution in [0.1, 0.15) is 13.3 Å². The lowest BCUT2D eigenvalue weighted by molar-refractivity contribution is 0.220. The van der Waals surface area contributed by atoms with Crippen LogP contribution in [0.3, 0.4) is 0 Å². The molecule has 0 aromatic carbocycles. The zero-order valence-corrected chi connectivity index (χ0v) is 8.48. The van der Waals surface area contributed by atoms with Gasteiger partial charge in [0.05, 0.1) is 12.7 Å². The molecule has 0 aliphatic carbocycles. The highest BCUT2D eigenvalue weighted by molar-refractivity contribution is 7.99. The minimum atomic E-state index is 0.603. The molecule has 0 aromatic rings. The molecule has 2 unspecified atom stereocenters. The van der Waals surface area contributed by atoms with Crippen molar-refractivity contribution >= 4 is 11.8 Å². The quantitative estimate of drug-likeness (QED) is 0.618. The Labute approximate surface area is 78.6 Å². The molecule has 0 radical (unpaired) electrons. The second-order valence-electron chi connectivity index (χ2n) is 3.70. The van der Waals surface area contributed by atoms with Crippen LogP contribution in [-0.2, 0) is 4.74 Å². The standard InChI is InChI=1S/C9H17NOS/c1-8-7-12-5-4-10(8)3-2-9-6-11-9/h8-9H,2-7H2,1H3. The van der Waals surface area contributed by atoms with E-state index in [1.165, 1.54) is 31.0 Å². The maximum absolute atomic E-state index is 5.20. The smallest absolute Gasteiger partial charge is 0.0822 e. The van der Waals surface area contributed by atoms with Crippen LogP contribution in [0.15, 0.2) is 0 Å². The van der Waals surface area contributed by atoms with E-state index in [2.05, 4.69) is 23.6 Å². The molecule has 0 saturated carbocycles. The second kappa shape index (κ2) is 3.99. The summed E-state index contributed by atoms with van der Waals surface area (Å²) < 4.78 is 5.20. The van der Waals surface area contributed by atoms with E-state index < -0.39 is 0 Å². The summed E-state index contributed by atoms with van der Waals surface area (Å²) in [6, 6.07) is 0.780. The first-order valence-electron chi connectivity index (χ1n) is 4.79. The molecule has 2 atom stereocenters. The molecule has 2 aliphatic heterocycles. The van der Waals surface area contributed by atoms with Crippen molar-refractivity contribution in [3.05, 3.63) is 0 Å². The van der Waals surface area contributed by atoms with Crippen LogP contribution < -0.4 is 0 Å². The summed E-state index contributed by atoms with van der Waals surface area (Å²) in [5.41, 5.74) is 0. The van der Waals surface area contributed by atoms with Crippen LogP contribution in [0, 0.1) is 0 Å². The van der Waals surface area contributed by atoms with E-state index in [-0.39, 0.29) is 0 Å². The van der Waals surface area contributed by atoms with E-state index in [0.717, 1.165) is 12.6 Å². The molecule has 0 amide bonds. The van der Waals surface area contributed by atoms with Crippen LogP contribution in [0.2, 0.25) is 0 Å². The fourth-order valence-corrected chi connectivity index (χ4v) is 2.72. The lowest BCUT2D eigenvalue weighted by Gasteiger charge is -2.32. The number of rotatable bonds is 3. The number of hydrogen-bond donors (Lipinski definition) is 0. The maximum Gasteiger partial charge on any atom is 0.0822 e. The number of hydrogen-bond acceptors (Lipinski definition) is 3. The predicted molar refractivity (Wildman–Crippen MR) is 52.7 cm³/mol. The topological polar surface area (TPSA) is 15.8 Å². The van der Waals surface area contributed by atoms with Gasteiger partial charge in [-0.05, 0) is 13.3 Å². The third-order valence-corrected chi connectivity index (χ3v) is 3.84. The number of nitrogens with zero attached hydrogens (tertiary/aromatic N) is 1. The van der Waals surface area contributed by atoms with Crippen molar-refractivity contribution in [3.63, 3.8) is 0 Å². The molecule has 2 nitrogen and oxygen atoms in total. The molecule has 70 valence electrons. The van der Waals surface area contributed by atoms with Gasteiger partial charge in [-0.25, -0.2) is 0 Å². The van der Waals surface area contributed by atoms with Crippen LogP contribution in [0.25, 0.3) is 0 Å². The molecule has 0 N–H and O–H groups in total. The Bertz CT molecular complexity index is 149. The molecule has 0 spiro atoms. The van der Waals surface area contributed by atoms with Gasteiger partial charge in [-0.1, -0.05) is 0 Å². The fraction of sp³-hybridized carbons (Fsp3) is 1.00. The molecule has 2 fully saturated rings. The third-order valence-electron chi connectivity index (χ3n) is 2.65. The average molecular weight is 187 g/mol. The first-order chi connectivity index (χ1) is 5.86. The van der Waals surface area contributed by atoms with Gasteiger partial charge in [0.2, 0.25) is 0 Å². The van der Waals surface area contributed by atoms with Crippen molar-refractivity contribution in [2.24, 2.45) is 0 Å². The van der Waals surface area contributed by atoms with E-state index in [0.29, 0.717) is 6.10 Å². The van der Waals surface area contributed by atoms with Crippen molar-refractivity contribution in [2.45, 2.75) is 25.5 Å². The Morgan fingerprint density at radius 2 is 2.42 bits per heavy atom. The summed E-state index contributed by atoms with van der Waals surface area (Å²) in [4.78, 5) is 2.60. The summed E-state index contributed by atoms with van der Waals surface area (Å²) in [7, 11) is 0. The van der Waals surface area contributed by atoms with Crippen molar-refractivity contribution < 1.29 is 4.74 Å². The van der Waals surface area contributed by atoms with E-state index in [1.54, 1.807) is 0 Å². The van der Waals surface area contributed by atoms with Gasteiger partial charge in [-0.2, -0.15) is 11.8 Å². The van der Waals surface area contributed by atoms with Crippen LogP contribution in [0.5, 0.6) is 0 Å². The van der Waals surface area contributed by atoms with E-state index in [4.69, 9.17) is 4.74 Å². The second-order valence-corrected chi connectivity index (χ2v) is 4.85. The van der Waals surface area contributed by atoms with Crippen LogP contribution in [0.4, 0.5) is 0 Å². The fourth-order valence-electron chi connectivity index (χ4n) is 1.64. The molecule has 12 heavy (non-hydrogen) atoms. The number of ether oxygens (including phenoxy) is 1. The molecular weight excluding hydrogens is 170 g/mol. The minimum absolute atomic E-state index is 0.603. The largest absolute Gasteiger partial charge is 0.373 e. The van der Waals surface area contributed by atoms with Gasteiger partial charge in [0.25, 0.3) is 0 Å². The molecular formula is C9H17NOS. The SMILES string of the molecule is CC1CSCCN1CCC1CO1. The van der Waals surface area contributed by atoms with Gasteiger partial charge in [-0.15, -0.1) is 0 Å². The van der Waals surface area contributed by atoms with E-state index in [1.807, 2.05) is 0 Å². The van der Waals surface area contributed by atoms with E-state index in [9.17, 15) is 0 Å². The zero-order chi connectivity index (χ0) is 8.39. The number of epoxide rings is 1. The Morgan fingerprint density at radius 1 is 1.58 bits per heavy atom. The Balaban J connectivity index is 1.68. The average Bonchev–Trinajstić information content (AvgIpc) is 2.86. The molecule has 3 heteroatoms. The Hall–Kier alpha value is 0.270. The maximum atomic E-state index is 5.20. The molecule has 2 saturated heterocycles. The van der Waals surface area contributed by atoms with Crippen molar-refractivity contribution in [1.29, 1.82) is 0 Å². The highest BCUT2D eigenvalue weighted by Crippen LogP contribution is 2.19. The van der Waals surface area contributed by atoms with Gasteiger partial charge in [-0.3, -0.25) is 4.90 Å².